The minimum absolute atomic E-state index is 0.0793. The highest BCUT2D eigenvalue weighted by molar-refractivity contribution is 6.00. The number of fused-ring (bicyclic) bond motifs is 1. The van der Waals surface area contributed by atoms with Crippen molar-refractivity contribution < 1.29 is 19.4 Å². The topological polar surface area (TPSA) is 87.7 Å². The highest BCUT2D eigenvalue weighted by Crippen LogP contribution is 2.46. The van der Waals surface area contributed by atoms with E-state index in [0.717, 1.165) is 30.4 Å². The Hall–Kier alpha value is -3.48. The summed E-state index contributed by atoms with van der Waals surface area (Å²) in [7, 11) is 1.62. The van der Waals surface area contributed by atoms with Gasteiger partial charge in [0.25, 0.3) is 5.91 Å². The Morgan fingerprint density at radius 2 is 1.94 bits per heavy atom. The van der Waals surface area contributed by atoms with E-state index in [-0.39, 0.29) is 17.7 Å². The van der Waals surface area contributed by atoms with Crippen LogP contribution in [0.4, 0.5) is 0 Å². The highest BCUT2D eigenvalue weighted by atomic mass is 16.5. The zero-order valence-corrected chi connectivity index (χ0v) is 20.3. The molecule has 0 spiro atoms. The van der Waals surface area contributed by atoms with Crippen LogP contribution < -0.4 is 9.47 Å². The number of aromatic hydroxyl groups is 1. The highest BCUT2D eigenvalue weighted by Gasteiger charge is 2.42. The summed E-state index contributed by atoms with van der Waals surface area (Å²) in [6, 6.07) is 12.6. The molecule has 1 aliphatic heterocycles. The van der Waals surface area contributed by atoms with E-state index < -0.39 is 0 Å². The maximum Gasteiger partial charge on any atom is 0.273 e. The van der Waals surface area contributed by atoms with E-state index in [1.165, 1.54) is 0 Å². The summed E-state index contributed by atoms with van der Waals surface area (Å²) in [6.45, 7) is 7.56. The average Bonchev–Trinajstić information content (AvgIpc) is 3.37. The number of hydrogen-bond donors (Lipinski definition) is 2. The molecule has 1 atom stereocenters. The molecule has 180 valence electrons. The first-order chi connectivity index (χ1) is 16.5. The smallest absolute Gasteiger partial charge is 0.273 e. The maximum atomic E-state index is 13.4. The lowest BCUT2D eigenvalue weighted by Crippen LogP contribution is -2.30. The van der Waals surface area contributed by atoms with Crippen molar-refractivity contribution in [1.82, 2.24) is 15.1 Å². The van der Waals surface area contributed by atoms with Gasteiger partial charge in [0, 0.05) is 17.7 Å². The molecule has 0 aliphatic carbocycles. The van der Waals surface area contributed by atoms with E-state index in [2.05, 4.69) is 31.0 Å². The summed E-state index contributed by atoms with van der Waals surface area (Å²) in [5.41, 5.74) is 3.34. The average molecular weight is 464 g/mol. The number of aromatic amines is 1. The van der Waals surface area contributed by atoms with Crippen LogP contribution in [0.5, 0.6) is 17.2 Å². The molecule has 4 rings (SSSR count). The van der Waals surface area contributed by atoms with E-state index in [0.29, 0.717) is 47.5 Å². The van der Waals surface area contributed by atoms with Gasteiger partial charge >= 0.3 is 0 Å². The number of methoxy groups -OCH3 is 1. The van der Waals surface area contributed by atoms with Gasteiger partial charge in [0.05, 0.1) is 19.8 Å². The lowest BCUT2D eigenvalue weighted by Gasteiger charge is -2.27. The van der Waals surface area contributed by atoms with Crippen LogP contribution in [0.25, 0.3) is 11.3 Å². The van der Waals surface area contributed by atoms with Crippen LogP contribution in [0.3, 0.4) is 0 Å². The summed E-state index contributed by atoms with van der Waals surface area (Å²) in [6.07, 6.45) is 3.02. The number of H-pyrrole nitrogens is 1. The molecule has 1 aromatic heterocycles. The van der Waals surface area contributed by atoms with Gasteiger partial charge in [-0.05, 0) is 42.2 Å². The predicted octanol–water partition coefficient (Wildman–Crippen LogP) is 5.56. The van der Waals surface area contributed by atoms with Crippen molar-refractivity contribution in [1.29, 1.82) is 0 Å². The van der Waals surface area contributed by atoms with Crippen LogP contribution in [0.15, 0.2) is 42.5 Å². The lowest BCUT2D eigenvalue weighted by atomic mass is 9.95. The van der Waals surface area contributed by atoms with Crippen LogP contribution in [0.1, 0.15) is 67.7 Å². The van der Waals surface area contributed by atoms with Gasteiger partial charge in [0.1, 0.15) is 17.1 Å². The number of nitrogens with zero attached hydrogens (tertiary/aromatic N) is 2. The van der Waals surface area contributed by atoms with Crippen molar-refractivity contribution in [3.8, 4) is 28.5 Å². The second kappa shape index (κ2) is 10.2. The molecule has 0 saturated heterocycles. The maximum absolute atomic E-state index is 13.4. The van der Waals surface area contributed by atoms with Gasteiger partial charge < -0.3 is 19.5 Å². The number of benzene rings is 2. The third-order valence-electron chi connectivity index (χ3n) is 6.10. The fraction of sp³-hybridized carbons (Fsp3) is 0.407. The molecular weight excluding hydrogens is 430 g/mol. The molecule has 1 aliphatic rings. The number of ether oxygens (including phenoxy) is 2. The van der Waals surface area contributed by atoms with Crippen LogP contribution in [0, 0.1) is 5.92 Å². The third-order valence-corrected chi connectivity index (χ3v) is 6.10. The number of aromatic nitrogens is 2. The van der Waals surface area contributed by atoms with Gasteiger partial charge in [-0.1, -0.05) is 51.8 Å². The van der Waals surface area contributed by atoms with Gasteiger partial charge in [-0.25, -0.2) is 0 Å². The molecule has 1 amide bonds. The van der Waals surface area contributed by atoms with Gasteiger partial charge in [0.15, 0.2) is 11.5 Å². The molecule has 0 bridgehead atoms. The van der Waals surface area contributed by atoms with Crippen molar-refractivity contribution in [2.24, 2.45) is 5.92 Å². The summed E-state index contributed by atoms with van der Waals surface area (Å²) in [4.78, 5) is 15.3. The number of nitrogens with one attached hydrogen (secondary N) is 1. The van der Waals surface area contributed by atoms with E-state index in [1.54, 1.807) is 19.2 Å². The number of hydrogen-bond acceptors (Lipinski definition) is 5. The Labute approximate surface area is 200 Å². The van der Waals surface area contributed by atoms with Crippen molar-refractivity contribution >= 4 is 5.91 Å². The molecule has 2 heterocycles. The van der Waals surface area contributed by atoms with Gasteiger partial charge in [-0.15, -0.1) is 0 Å². The number of carbonyl (C=O) groups excluding carboxylic acids is 1. The van der Waals surface area contributed by atoms with Crippen LogP contribution in [-0.4, -0.2) is 46.4 Å². The monoisotopic (exact) mass is 463 g/mol. The molecule has 7 nitrogen and oxygen atoms in total. The van der Waals surface area contributed by atoms with Gasteiger partial charge in [-0.2, -0.15) is 5.10 Å². The third kappa shape index (κ3) is 4.47. The van der Waals surface area contributed by atoms with Crippen molar-refractivity contribution in [3.05, 3.63) is 59.3 Å². The first-order valence-electron chi connectivity index (χ1n) is 11.9. The summed E-state index contributed by atoms with van der Waals surface area (Å²) >= 11 is 0. The normalized spacial score (nSPS) is 15.1. The largest absolute Gasteiger partial charge is 0.507 e. The van der Waals surface area contributed by atoms with Crippen molar-refractivity contribution in [2.75, 3.05) is 20.3 Å². The number of amides is 1. The Morgan fingerprint density at radius 3 is 2.65 bits per heavy atom. The second-order valence-corrected chi connectivity index (χ2v) is 9.10. The molecule has 34 heavy (non-hydrogen) atoms. The second-order valence-electron chi connectivity index (χ2n) is 9.10. The summed E-state index contributed by atoms with van der Waals surface area (Å²) in [5.74, 6) is 1.74. The van der Waals surface area contributed by atoms with E-state index >= 15 is 0 Å². The fourth-order valence-electron chi connectivity index (χ4n) is 4.42. The molecule has 0 saturated carbocycles. The fourth-order valence-corrected chi connectivity index (χ4v) is 4.42. The Bertz CT molecular complexity index is 1150. The lowest BCUT2D eigenvalue weighted by molar-refractivity contribution is 0.0740. The van der Waals surface area contributed by atoms with Crippen molar-refractivity contribution in [2.45, 2.75) is 46.1 Å². The molecule has 1 unspecified atom stereocenters. The first-order valence-corrected chi connectivity index (χ1v) is 11.9. The number of phenols is 1. The van der Waals surface area contributed by atoms with E-state index in [4.69, 9.17) is 9.47 Å². The van der Waals surface area contributed by atoms with Crippen molar-refractivity contribution in [3.63, 3.8) is 0 Å². The molecule has 7 heteroatoms. The number of phenolic OH excluding ortho intramolecular Hbond substituents is 1. The molecule has 2 N–H and O–H groups in total. The van der Waals surface area contributed by atoms with Crippen LogP contribution >= 0.6 is 0 Å². The van der Waals surface area contributed by atoms with Gasteiger partial charge in [0.2, 0.25) is 0 Å². The van der Waals surface area contributed by atoms with E-state index in [1.807, 2.05) is 35.2 Å². The minimum Gasteiger partial charge on any atom is -0.507 e. The zero-order chi connectivity index (χ0) is 24.2. The number of rotatable bonds is 10. The van der Waals surface area contributed by atoms with Crippen LogP contribution in [0.2, 0.25) is 0 Å². The molecule has 0 radical (unpaired) electrons. The number of unbranched alkanes of at least 4 members (excludes halogenated alkanes) is 2. The minimum atomic E-state index is -0.347. The number of para-hydroxylation sites is 1. The summed E-state index contributed by atoms with van der Waals surface area (Å²) < 4.78 is 11.6. The molecular formula is C27H33N3O4. The molecule has 2 aromatic carbocycles. The molecule has 0 fully saturated rings. The zero-order valence-electron chi connectivity index (χ0n) is 20.3. The standard InChI is InChI=1S/C27H33N3O4/c1-5-6-9-14-30-26(18-12-13-21(22(15-18)33-4)34-16-17(2)3)23-24(28-29-25(23)27(30)32)19-10-7-8-11-20(19)31/h7-8,10-13,15,17,26,31H,5-6,9,14,16H2,1-4H3,(H,28,29). The SMILES string of the molecule is CCCCCN1C(=O)c2[nH]nc(-c3ccccc3O)c2C1c1ccc(OCC(C)C)c(OC)c1. The number of carbonyl (C=O) groups is 1. The van der Waals surface area contributed by atoms with Crippen LogP contribution in [-0.2, 0) is 0 Å². The first kappa shape index (κ1) is 23.7. The van der Waals surface area contributed by atoms with E-state index in [9.17, 15) is 9.90 Å². The summed E-state index contributed by atoms with van der Waals surface area (Å²) in [5, 5.41) is 17.9. The Balaban J connectivity index is 1.80. The Morgan fingerprint density at radius 1 is 1.15 bits per heavy atom. The quantitative estimate of drug-likeness (QED) is 0.384. The van der Waals surface area contributed by atoms with Gasteiger partial charge in [-0.3, -0.25) is 9.89 Å². The Kier molecular flexibility index (Phi) is 7.10. The molecule has 3 aromatic rings. The predicted molar refractivity (Wildman–Crippen MR) is 131 cm³/mol.